The lowest BCUT2D eigenvalue weighted by Gasteiger charge is -2.01. The zero-order valence-electron chi connectivity index (χ0n) is 10.5. The molecule has 0 aliphatic carbocycles. The molecule has 0 saturated heterocycles. The lowest BCUT2D eigenvalue weighted by atomic mass is 10.1. The van der Waals surface area contributed by atoms with Crippen molar-refractivity contribution in [3.8, 4) is 5.95 Å². The fourth-order valence-corrected chi connectivity index (χ4v) is 2.02. The molecule has 100 valence electrons. The van der Waals surface area contributed by atoms with Gasteiger partial charge in [0, 0.05) is 12.4 Å². The molecule has 0 atom stereocenters. The fourth-order valence-electron chi connectivity index (χ4n) is 1.71. The van der Waals surface area contributed by atoms with Crippen LogP contribution in [0.5, 0.6) is 0 Å². The van der Waals surface area contributed by atoms with E-state index in [0.717, 1.165) is 0 Å². The van der Waals surface area contributed by atoms with E-state index >= 15 is 0 Å². The van der Waals surface area contributed by atoms with Gasteiger partial charge in [-0.1, -0.05) is 25.4 Å². The molecular formula is C12H13ClN4O2. The van der Waals surface area contributed by atoms with Crippen molar-refractivity contribution in [2.75, 3.05) is 0 Å². The number of carboxylic acids is 1. The highest BCUT2D eigenvalue weighted by Crippen LogP contribution is 2.24. The Balaban J connectivity index is 2.55. The van der Waals surface area contributed by atoms with E-state index in [-0.39, 0.29) is 22.6 Å². The summed E-state index contributed by atoms with van der Waals surface area (Å²) in [5.74, 6) is -0.568. The number of hydrogen-bond donors (Lipinski definition) is 1. The SMILES string of the molecule is CC(C)Cc1nn(-c2ncccn2)c(Cl)c1C(=O)O. The van der Waals surface area contributed by atoms with Gasteiger partial charge in [0.05, 0.1) is 5.69 Å². The summed E-state index contributed by atoms with van der Waals surface area (Å²) in [7, 11) is 0. The minimum atomic E-state index is -1.09. The first-order valence-electron chi connectivity index (χ1n) is 5.78. The van der Waals surface area contributed by atoms with Crippen molar-refractivity contribution in [1.29, 1.82) is 0 Å². The molecule has 0 radical (unpaired) electrons. The van der Waals surface area contributed by atoms with Crippen molar-refractivity contribution < 1.29 is 9.90 Å². The largest absolute Gasteiger partial charge is 0.478 e. The van der Waals surface area contributed by atoms with Gasteiger partial charge in [-0.15, -0.1) is 0 Å². The van der Waals surface area contributed by atoms with E-state index in [0.29, 0.717) is 12.1 Å². The Hall–Kier alpha value is -1.95. The second kappa shape index (κ2) is 5.36. The average molecular weight is 281 g/mol. The molecule has 0 aromatic carbocycles. The molecule has 0 aliphatic heterocycles. The van der Waals surface area contributed by atoms with Crippen molar-refractivity contribution in [2.24, 2.45) is 5.92 Å². The molecule has 6 nitrogen and oxygen atoms in total. The van der Waals surface area contributed by atoms with Crippen LogP contribution < -0.4 is 0 Å². The molecule has 1 N–H and O–H groups in total. The second-order valence-corrected chi connectivity index (χ2v) is 4.83. The molecule has 0 fully saturated rings. The van der Waals surface area contributed by atoms with E-state index in [9.17, 15) is 9.90 Å². The van der Waals surface area contributed by atoms with Crippen LogP contribution in [0.2, 0.25) is 5.15 Å². The summed E-state index contributed by atoms with van der Waals surface area (Å²) in [6.07, 6.45) is 3.62. The van der Waals surface area contributed by atoms with E-state index < -0.39 is 5.97 Å². The summed E-state index contributed by atoms with van der Waals surface area (Å²) < 4.78 is 1.25. The van der Waals surface area contributed by atoms with Gasteiger partial charge in [-0.2, -0.15) is 9.78 Å². The van der Waals surface area contributed by atoms with E-state index in [4.69, 9.17) is 11.6 Å². The number of halogens is 1. The first-order valence-corrected chi connectivity index (χ1v) is 6.16. The number of rotatable bonds is 4. The van der Waals surface area contributed by atoms with Gasteiger partial charge in [0.25, 0.3) is 5.95 Å². The highest BCUT2D eigenvalue weighted by atomic mass is 35.5. The maximum atomic E-state index is 11.3. The summed E-state index contributed by atoms with van der Waals surface area (Å²) in [5.41, 5.74) is 0.461. The van der Waals surface area contributed by atoms with Crippen molar-refractivity contribution in [3.63, 3.8) is 0 Å². The molecular weight excluding hydrogens is 268 g/mol. The van der Waals surface area contributed by atoms with Gasteiger partial charge < -0.3 is 5.11 Å². The van der Waals surface area contributed by atoms with Crippen LogP contribution in [-0.2, 0) is 6.42 Å². The van der Waals surface area contributed by atoms with Gasteiger partial charge >= 0.3 is 5.97 Å². The molecule has 0 aliphatic rings. The Labute approximate surface area is 115 Å². The van der Waals surface area contributed by atoms with Crippen LogP contribution in [0.15, 0.2) is 18.5 Å². The molecule has 2 rings (SSSR count). The third kappa shape index (κ3) is 2.73. The molecule has 0 amide bonds. The predicted molar refractivity (Wildman–Crippen MR) is 69.7 cm³/mol. The zero-order valence-corrected chi connectivity index (χ0v) is 11.3. The van der Waals surface area contributed by atoms with E-state index in [1.165, 1.54) is 4.68 Å². The smallest absolute Gasteiger partial charge is 0.340 e. The third-order valence-electron chi connectivity index (χ3n) is 2.46. The molecule has 0 spiro atoms. The van der Waals surface area contributed by atoms with Crippen LogP contribution in [0.25, 0.3) is 5.95 Å². The predicted octanol–water partition coefficient (Wildman–Crippen LogP) is 2.21. The van der Waals surface area contributed by atoms with Crippen LogP contribution in [-0.4, -0.2) is 30.8 Å². The summed E-state index contributed by atoms with van der Waals surface area (Å²) in [5, 5.41) is 13.5. The number of nitrogens with zero attached hydrogens (tertiary/aromatic N) is 4. The van der Waals surface area contributed by atoms with Crippen molar-refractivity contribution >= 4 is 17.6 Å². The number of aromatic carboxylic acids is 1. The number of carboxylic acid groups (broad SMARTS) is 1. The Kier molecular flexibility index (Phi) is 3.80. The molecule has 2 heterocycles. The summed E-state index contributed by atoms with van der Waals surface area (Å²) in [6, 6.07) is 1.66. The normalized spacial score (nSPS) is 10.9. The van der Waals surface area contributed by atoms with Crippen LogP contribution in [0, 0.1) is 5.92 Å². The maximum absolute atomic E-state index is 11.3. The lowest BCUT2D eigenvalue weighted by Crippen LogP contribution is -2.04. The van der Waals surface area contributed by atoms with Gasteiger partial charge in [0.1, 0.15) is 5.56 Å². The first kappa shape index (κ1) is 13.5. The topological polar surface area (TPSA) is 80.9 Å². The van der Waals surface area contributed by atoms with Crippen LogP contribution >= 0.6 is 11.6 Å². The summed E-state index contributed by atoms with van der Waals surface area (Å²) >= 11 is 6.08. The second-order valence-electron chi connectivity index (χ2n) is 4.48. The maximum Gasteiger partial charge on any atom is 0.340 e. The van der Waals surface area contributed by atoms with Gasteiger partial charge in [-0.3, -0.25) is 0 Å². The summed E-state index contributed by atoms with van der Waals surface area (Å²) in [4.78, 5) is 19.3. The lowest BCUT2D eigenvalue weighted by molar-refractivity contribution is 0.0696. The Morgan fingerprint density at radius 1 is 1.42 bits per heavy atom. The Bertz CT molecular complexity index is 595. The highest BCUT2D eigenvalue weighted by molar-refractivity contribution is 6.32. The first-order chi connectivity index (χ1) is 9.00. The minimum absolute atomic E-state index is 0.0165. The molecule has 0 bridgehead atoms. The standard InChI is InChI=1S/C12H13ClN4O2/c1-7(2)6-8-9(11(18)19)10(13)17(16-8)12-14-4-3-5-15-12/h3-5,7H,6H2,1-2H3,(H,18,19). The van der Waals surface area contributed by atoms with E-state index in [1.807, 2.05) is 13.8 Å². The molecule has 2 aromatic heterocycles. The van der Waals surface area contributed by atoms with E-state index in [1.54, 1.807) is 18.5 Å². The van der Waals surface area contributed by atoms with Gasteiger partial charge in [-0.05, 0) is 18.4 Å². The van der Waals surface area contributed by atoms with Crippen molar-refractivity contribution in [2.45, 2.75) is 20.3 Å². The number of carbonyl (C=O) groups is 1. The Morgan fingerprint density at radius 2 is 2.05 bits per heavy atom. The zero-order chi connectivity index (χ0) is 14.0. The summed E-state index contributed by atoms with van der Waals surface area (Å²) in [6.45, 7) is 3.97. The van der Waals surface area contributed by atoms with Crippen molar-refractivity contribution in [3.05, 3.63) is 34.9 Å². The van der Waals surface area contributed by atoms with Gasteiger partial charge in [0.15, 0.2) is 5.15 Å². The molecule has 0 saturated carbocycles. The van der Waals surface area contributed by atoms with Crippen LogP contribution in [0.1, 0.15) is 29.9 Å². The van der Waals surface area contributed by atoms with Crippen molar-refractivity contribution in [1.82, 2.24) is 19.7 Å². The molecule has 2 aromatic rings. The third-order valence-corrected chi connectivity index (χ3v) is 2.81. The molecule has 19 heavy (non-hydrogen) atoms. The quantitative estimate of drug-likeness (QED) is 0.928. The molecule has 7 heteroatoms. The van der Waals surface area contributed by atoms with Crippen LogP contribution in [0.4, 0.5) is 0 Å². The fraction of sp³-hybridized carbons (Fsp3) is 0.333. The minimum Gasteiger partial charge on any atom is -0.478 e. The van der Waals surface area contributed by atoms with Gasteiger partial charge in [0.2, 0.25) is 0 Å². The number of hydrogen-bond acceptors (Lipinski definition) is 4. The highest BCUT2D eigenvalue weighted by Gasteiger charge is 2.24. The van der Waals surface area contributed by atoms with Gasteiger partial charge in [-0.25, -0.2) is 14.8 Å². The Morgan fingerprint density at radius 3 is 2.58 bits per heavy atom. The van der Waals surface area contributed by atoms with Crippen LogP contribution in [0.3, 0.4) is 0 Å². The molecule has 0 unspecified atom stereocenters. The van der Waals surface area contributed by atoms with E-state index in [2.05, 4.69) is 15.1 Å². The number of aromatic nitrogens is 4. The average Bonchev–Trinajstić information content (AvgIpc) is 2.66. The monoisotopic (exact) mass is 280 g/mol.